The predicted molar refractivity (Wildman–Crippen MR) is 95.1 cm³/mol. The van der Waals surface area contributed by atoms with Gasteiger partial charge in [-0.2, -0.15) is 0 Å². The summed E-state index contributed by atoms with van der Waals surface area (Å²) in [6.45, 7) is 7.08. The van der Waals surface area contributed by atoms with Crippen LogP contribution < -0.4 is 59.1 Å². The fourth-order valence-electron chi connectivity index (χ4n) is 8.07. The van der Waals surface area contributed by atoms with E-state index in [1.807, 2.05) is 6.92 Å². The molecule has 4 fully saturated rings. The van der Waals surface area contributed by atoms with E-state index in [-0.39, 0.29) is 74.2 Å². The van der Waals surface area contributed by atoms with Crippen LogP contribution >= 0.6 is 0 Å². The van der Waals surface area contributed by atoms with Crippen LogP contribution in [0.1, 0.15) is 81.4 Å². The average molecular weight is 369 g/mol. The summed E-state index contributed by atoms with van der Waals surface area (Å²) in [5.41, 5.74) is 0.860. The summed E-state index contributed by atoms with van der Waals surface area (Å²) in [5, 5.41) is 20.4. The van der Waals surface area contributed by atoms with Gasteiger partial charge in [0, 0.05) is 0 Å². The summed E-state index contributed by atoms with van der Waals surface area (Å²) in [4.78, 5) is 0. The van der Waals surface area contributed by atoms with E-state index in [0.29, 0.717) is 16.7 Å². The minimum absolute atomic E-state index is 0. The second-order valence-electron chi connectivity index (χ2n) is 10.1. The zero-order valence-electron chi connectivity index (χ0n) is 19.3. The van der Waals surface area contributed by atoms with E-state index < -0.39 is 0 Å². The molecule has 0 aliphatic heterocycles. The van der Waals surface area contributed by atoms with Crippen molar-refractivity contribution in [3.63, 3.8) is 0 Å². The molecule has 0 radical (unpaired) electrons. The predicted octanol–water partition coefficient (Wildman–Crippen LogP) is -1.38. The summed E-state index contributed by atoms with van der Waals surface area (Å²) >= 11 is 0. The Hall–Kier alpha value is 1.92. The summed E-state index contributed by atoms with van der Waals surface area (Å²) in [6, 6.07) is 0. The molecule has 136 valence electrons. The van der Waals surface area contributed by atoms with Crippen molar-refractivity contribution in [2.24, 2.45) is 40.4 Å². The Morgan fingerprint density at radius 3 is 2.20 bits per heavy atom. The second kappa shape index (κ2) is 8.34. The van der Waals surface area contributed by atoms with Crippen molar-refractivity contribution in [2.75, 3.05) is 0 Å². The molecule has 0 heterocycles. The molecule has 4 aliphatic carbocycles. The van der Waals surface area contributed by atoms with Crippen LogP contribution in [0.25, 0.3) is 0 Å². The van der Waals surface area contributed by atoms with Crippen LogP contribution in [-0.4, -0.2) is 22.4 Å². The summed E-state index contributed by atoms with van der Waals surface area (Å²) < 4.78 is 0. The van der Waals surface area contributed by atoms with Crippen molar-refractivity contribution in [3.8, 4) is 0 Å². The van der Waals surface area contributed by atoms with Crippen LogP contribution in [0.5, 0.6) is 0 Å². The molecular weight excluding hydrogens is 330 g/mol. The van der Waals surface area contributed by atoms with E-state index in [1.165, 1.54) is 44.9 Å². The topological polar surface area (TPSA) is 40.5 Å². The van der Waals surface area contributed by atoms with Gasteiger partial charge in [0.1, 0.15) is 0 Å². The van der Waals surface area contributed by atoms with E-state index in [1.54, 1.807) is 0 Å². The standard InChI is InChI=1S/C21H36O2.2Na.2H/c1-13(22)17-6-7-18-16-5-4-14-12-15(23)8-10-20(14,2)19(16)9-11-21(17,18)3;;;;/h13-19,22-23H,4-12H2,1-3H3;;;;/q;2*+1;2*-1/t13?,14-,15-,16+,17-,18+,19+,20+,21-;;;;/m1..../s1. The third-order valence-corrected chi connectivity index (χ3v) is 9.29. The number of hydrogen-bond acceptors (Lipinski definition) is 2. The van der Waals surface area contributed by atoms with Crippen molar-refractivity contribution in [2.45, 2.75) is 90.8 Å². The molecule has 9 atom stereocenters. The molecule has 0 spiro atoms. The van der Waals surface area contributed by atoms with Gasteiger partial charge in [0.15, 0.2) is 0 Å². The van der Waals surface area contributed by atoms with Crippen LogP contribution in [0.2, 0.25) is 0 Å². The minimum Gasteiger partial charge on any atom is -1.00 e. The van der Waals surface area contributed by atoms with Crippen LogP contribution in [0, 0.1) is 40.4 Å². The third-order valence-electron chi connectivity index (χ3n) is 9.29. The van der Waals surface area contributed by atoms with Gasteiger partial charge in [0.25, 0.3) is 0 Å². The first-order chi connectivity index (χ1) is 10.9. The first-order valence-corrected chi connectivity index (χ1v) is 10.2. The Balaban J connectivity index is 0.00000169. The molecule has 2 nitrogen and oxygen atoms in total. The summed E-state index contributed by atoms with van der Waals surface area (Å²) in [5.74, 6) is 3.87. The van der Waals surface area contributed by atoms with Gasteiger partial charge in [-0.3, -0.25) is 0 Å². The molecule has 4 saturated carbocycles. The number of hydrogen-bond donors (Lipinski definition) is 2. The number of fused-ring (bicyclic) bond motifs is 5. The molecule has 25 heavy (non-hydrogen) atoms. The van der Waals surface area contributed by atoms with Gasteiger partial charge in [0.2, 0.25) is 0 Å². The Kier molecular flexibility index (Phi) is 7.74. The molecule has 4 heteroatoms. The third kappa shape index (κ3) is 3.63. The first-order valence-electron chi connectivity index (χ1n) is 10.2. The fraction of sp³-hybridized carbons (Fsp3) is 1.00. The number of aliphatic hydroxyl groups is 2. The van der Waals surface area contributed by atoms with Gasteiger partial charge in [-0.15, -0.1) is 0 Å². The molecule has 2 N–H and O–H groups in total. The maximum Gasteiger partial charge on any atom is 1.00 e. The van der Waals surface area contributed by atoms with Crippen LogP contribution in [0.3, 0.4) is 0 Å². The maximum atomic E-state index is 10.3. The van der Waals surface area contributed by atoms with Crippen LogP contribution in [0.4, 0.5) is 0 Å². The van der Waals surface area contributed by atoms with Crippen LogP contribution in [-0.2, 0) is 0 Å². The van der Waals surface area contributed by atoms with Crippen LogP contribution in [0.15, 0.2) is 0 Å². The van der Waals surface area contributed by atoms with Gasteiger partial charge in [-0.1, -0.05) is 13.8 Å². The van der Waals surface area contributed by atoms with Gasteiger partial charge < -0.3 is 13.1 Å². The molecule has 4 rings (SSSR count). The van der Waals surface area contributed by atoms with Crippen molar-refractivity contribution in [1.29, 1.82) is 0 Å². The molecular formula is C21H38Na2O2. The quantitative estimate of drug-likeness (QED) is 0.560. The Morgan fingerprint density at radius 1 is 0.880 bits per heavy atom. The van der Waals surface area contributed by atoms with Crippen molar-refractivity contribution in [3.05, 3.63) is 0 Å². The largest absolute Gasteiger partial charge is 1.00 e. The van der Waals surface area contributed by atoms with Gasteiger partial charge in [0.05, 0.1) is 12.2 Å². The van der Waals surface area contributed by atoms with E-state index >= 15 is 0 Å². The molecule has 4 aliphatic rings. The maximum absolute atomic E-state index is 10.3. The van der Waals surface area contributed by atoms with E-state index in [4.69, 9.17) is 0 Å². The second-order valence-corrected chi connectivity index (χ2v) is 10.1. The molecule has 0 bridgehead atoms. The average Bonchev–Trinajstić information content (AvgIpc) is 2.85. The van der Waals surface area contributed by atoms with Crippen molar-refractivity contribution < 1.29 is 72.2 Å². The monoisotopic (exact) mass is 368 g/mol. The fourth-order valence-corrected chi connectivity index (χ4v) is 8.07. The van der Waals surface area contributed by atoms with E-state index in [9.17, 15) is 10.2 Å². The minimum atomic E-state index is -0.140. The smallest absolute Gasteiger partial charge is 1.00 e. The summed E-state index contributed by atoms with van der Waals surface area (Å²) in [7, 11) is 0. The molecule has 1 unspecified atom stereocenters. The normalized spacial score (nSPS) is 52.7. The Morgan fingerprint density at radius 2 is 1.52 bits per heavy atom. The van der Waals surface area contributed by atoms with Gasteiger partial charge in [-0.25, -0.2) is 0 Å². The zero-order valence-corrected chi connectivity index (χ0v) is 21.3. The number of rotatable bonds is 1. The van der Waals surface area contributed by atoms with E-state index in [0.717, 1.165) is 36.5 Å². The van der Waals surface area contributed by atoms with Gasteiger partial charge >= 0.3 is 59.1 Å². The SMILES string of the molecule is CC(O)[C@H]1CC[C@H]2[C@@H]3CC[C@@H]4C[C@H](O)CC[C@]4(C)[C@H]3CC[C@]12C.[H-].[H-].[Na+].[Na+]. The number of aliphatic hydroxyl groups excluding tert-OH is 2. The molecule has 0 amide bonds. The molecule has 0 saturated heterocycles. The van der Waals surface area contributed by atoms with Crippen molar-refractivity contribution in [1.82, 2.24) is 0 Å². The van der Waals surface area contributed by atoms with Crippen molar-refractivity contribution >= 4 is 0 Å². The van der Waals surface area contributed by atoms with E-state index in [2.05, 4.69) is 13.8 Å². The van der Waals surface area contributed by atoms with Gasteiger partial charge in [-0.05, 0) is 105 Å². The molecule has 0 aromatic carbocycles. The summed E-state index contributed by atoms with van der Waals surface area (Å²) in [6.07, 6.45) is 11.1. The molecule has 0 aromatic heterocycles. The molecule has 0 aromatic rings. The Labute approximate surface area is 201 Å². The first kappa shape index (κ1) is 23.2. The Bertz CT molecular complexity index is 481. The zero-order chi connectivity index (χ0) is 16.4.